The zero-order valence-electron chi connectivity index (χ0n) is 21.2. The Hall–Kier alpha value is -3.28. The minimum atomic E-state index is -0.419. The minimum Gasteiger partial charge on any atom is -0.494 e. The average Bonchev–Trinajstić information content (AvgIpc) is 2.85. The summed E-state index contributed by atoms with van der Waals surface area (Å²) in [6.45, 7) is 7.85. The lowest BCUT2D eigenvalue weighted by molar-refractivity contribution is -0.144. The van der Waals surface area contributed by atoms with E-state index < -0.39 is 5.97 Å². The van der Waals surface area contributed by atoms with Crippen LogP contribution in [-0.2, 0) is 14.3 Å². The highest BCUT2D eigenvalue weighted by atomic mass is 16.5. The van der Waals surface area contributed by atoms with Crippen molar-refractivity contribution in [3.8, 4) is 11.5 Å². The number of ether oxygens (including phenoxy) is 4. The molecule has 2 aromatic rings. The van der Waals surface area contributed by atoms with E-state index in [9.17, 15) is 9.59 Å². The quantitative estimate of drug-likeness (QED) is 0.148. The van der Waals surface area contributed by atoms with Gasteiger partial charge in [0.1, 0.15) is 11.5 Å². The largest absolute Gasteiger partial charge is 0.494 e. The van der Waals surface area contributed by atoms with Crippen LogP contribution in [0.25, 0.3) is 6.08 Å². The van der Waals surface area contributed by atoms with E-state index in [2.05, 4.69) is 0 Å². The fourth-order valence-electron chi connectivity index (χ4n) is 3.15. The van der Waals surface area contributed by atoms with E-state index in [1.807, 2.05) is 45.0 Å². The molecule has 0 aliphatic rings. The molecule has 2 rings (SSSR count). The van der Waals surface area contributed by atoms with Crippen LogP contribution in [0.4, 0.5) is 0 Å². The van der Waals surface area contributed by atoms with Crippen molar-refractivity contribution in [1.82, 2.24) is 0 Å². The molecule has 0 heterocycles. The van der Waals surface area contributed by atoms with Crippen molar-refractivity contribution in [3.63, 3.8) is 0 Å². The third-order valence-corrected chi connectivity index (χ3v) is 5.02. The van der Waals surface area contributed by atoms with Gasteiger partial charge in [0.25, 0.3) is 0 Å². The molecule has 0 fully saturated rings. The second-order valence-electron chi connectivity index (χ2n) is 8.73. The SMILES string of the molecule is CCCOc1ccc(C(=O)O/C=C/c2ccc(OCCCCCCOC(=O)CC(C)C)cc2)cc1. The number of carbonyl (C=O) groups excluding carboxylic acids is 2. The summed E-state index contributed by atoms with van der Waals surface area (Å²) in [6, 6.07) is 14.5. The molecule has 0 saturated carbocycles. The van der Waals surface area contributed by atoms with Crippen LogP contribution in [0, 0.1) is 5.92 Å². The Morgan fingerprint density at radius 2 is 1.40 bits per heavy atom. The number of carbonyl (C=O) groups is 2. The molecular formula is C29H38O6. The number of hydrogen-bond donors (Lipinski definition) is 0. The summed E-state index contributed by atoms with van der Waals surface area (Å²) >= 11 is 0. The molecule has 0 radical (unpaired) electrons. The molecule has 0 saturated heterocycles. The maximum atomic E-state index is 12.2. The Bertz CT molecular complexity index is 900. The highest BCUT2D eigenvalue weighted by Gasteiger charge is 2.06. The van der Waals surface area contributed by atoms with Crippen molar-refractivity contribution in [3.05, 3.63) is 65.9 Å². The lowest BCUT2D eigenvalue weighted by Crippen LogP contribution is -2.08. The number of benzene rings is 2. The molecule has 35 heavy (non-hydrogen) atoms. The highest BCUT2D eigenvalue weighted by molar-refractivity contribution is 5.90. The van der Waals surface area contributed by atoms with Crippen molar-refractivity contribution in [2.45, 2.75) is 59.3 Å². The normalized spacial score (nSPS) is 11.0. The van der Waals surface area contributed by atoms with E-state index in [0.717, 1.165) is 49.2 Å². The van der Waals surface area contributed by atoms with Crippen LogP contribution in [0.15, 0.2) is 54.8 Å². The molecule has 0 spiro atoms. The molecule has 2 aromatic carbocycles. The third-order valence-electron chi connectivity index (χ3n) is 5.02. The summed E-state index contributed by atoms with van der Waals surface area (Å²) in [5.74, 6) is 1.34. The zero-order chi connectivity index (χ0) is 25.3. The molecular weight excluding hydrogens is 444 g/mol. The first kappa shape index (κ1) is 28.0. The highest BCUT2D eigenvalue weighted by Crippen LogP contribution is 2.16. The first-order valence-corrected chi connectivity index (χ1v) is 12.5. The number of hydrogen-bond acceptors (Lipinski definition) is 6. The molecule has 0 bridgehead atoms. The van der Waals surface area contributed by atoms with Crippen molar-refractivity contribution < 1.29 is 28.5 Å². The lowest BCUT2D eigenvalue weighted by Gasteiger charge is -2.08. The molecule has 0 unspecified atom stereocenters. The summed E-state index contributed by atoms with van der Waals surface area (Å²) in [6.07, 6.45) is 8.41. The zero-order valence-corrected chi connectivity index (χ0v) is 21.2. The predicted molar refractivity (Wildman–Crippen MR) is 137 cm³/mol. The van der Waals surface area contributed by atoms with E-state index >= 15 is 0 Å². The van der Waals surface area contributed by atoms with Gasteiger partial charge in [-0.15, -0.1) is 0 Å². The van der Waals surface area contributed by atoms with Crippen molar-refractivity contribution in [2.75, 3.05) is 19.8 Å². The van der Waals surface area contributed by atoms with Crippen molar-refractivity contribution in [1.29, 1.82) is 0 Å². The Labute approximate surface area is 209 Å². The van der Waals surface area contributed by atoms with Gasteiger partial charge in [-0.05, 0) is 86.1 Å². The Morgan fingerprint density at radius 1 is 0.800 bits per heavy atom. The third kappa shape index (κ3) is 12.1. The summed E-state index contributed by atoms with van der Waals surface area (Å²) in [5.41, 5.74) is 1.37. The Kier molecular flexibility index (Phi) is 13.1. The smallest absolute Gasteiger partial charge is 0.342 e. The molecule has 6 heteroatoms. The summed E-state index contributed by atoms with van der Waals surface area (Å²) < 4.78 is 21.7. The lowest BCUT2D eigenvalue weighted by atomic mass is 10.1. The topological polar surface area (TPSA) is 71.1 Å². The van der Waals surface area contributed by atoms with Gasteiger partial charge in [-0.1, -0.05) is 32.9 Å². The van der Waals surface area contributed by atoms with Gasteiger partial charge in [-0.3, -0.25) is 4.79 Å². The van der Waals surface area contributed by atoms with E-state index in [4.69, 9.17) is 18.9 Å². The first-order chi connectivity index (χ1) is 17.0. The van der Waals surface area contributed by atoms with Crippen molar-refractivity contribution >= 4 is 18.0 Å². The van der Waals surface area contributed by atoms with Crippen molar-refractivity contribution in [2.24, 2.45) is 5.92 Å². The number of rotatable bonds is 16. The second-order valence-corrected chi connectivity index (χ2v) is 8.73. The average molecular weight is 483 g/mol. The number of esters is 2. The van der Waals surface area contributed by atoms with Crippen LogP contribution in [0.5, 0.6) is 11.5 Å². The summed E-state index contributed by atoms with van der Waals surface area (Å²) in [7, 11) is 0. The fraction of sp³-hybridized carbons (Fsp3) is 0.448. The minimum absolute atomic E-state index is 0.109. The molecule has 0 aromatic heterocycles. The molecule has 6 nitrogen and oxygen atoms in total. The molecule has 190 valence electrons. The molecule has 0 atom stereocenters. The van der Waals surface area contributed by atoms with Gasteiger partial charge in [0.15, 0.2) is 0 Å². The maximum Gasteiger partial charge on any atom is 0.342 e. The van der Waals surface area contributed by atoms with Gasteiger partial charge >= 0.3 is 11.9 Å². The van der Waals surface area contributed by atoms with Crippen LogP contribution in [0.1, 0.15) is 75.2 Å². The van der Waals surface area contributed by atoms with E-state index in [1.165, 1.54) is 6.26 Å². The maximum absolute atomic E-state index is 12.2. The van der Waals surface area contributed by atoms with E-state index in [-0.39, 0.29) is 5.97 Å². The standard InChI is InChI=1S/C29H38O6/c1-4-18-32-27-15-11-25(12-16-27)29(31)35-21-17-24-9-13-26(14-10-24)33-19-7-5-6-8-20-34-28(30)22-23(2)3/h9-17,21,23H,4-8,18-20,22H2,1-3H3/b21-17+. The molecule has 0 aliphatic heterocycles. The van der Waals surface area contributed by atoms with Crippen LogP contribution in [-0.4, -0.2) is 31.8 Å². The Morgan fingerprint density at radius 3 is 2.03 bits per heavy atom. The van der Waals surface area contributed by atoms with Crippen LogP contribution < -0.4 is 9.47 Å². The van der Waals surface area contributed by atoms with Gasteiger partial charge in [0, 0.05) is 6.42 Å². The van der Waals surface area contributed by atoms with E-state index in [0.29, 0.717) is 37.7 Å². The van der Waals surface area contributed by atoms with Gasteiger partial charge in [-0.25, -0.2) is 4.79 Å². The monoisotopic (exact) mass is 482 g/mol. The van der Waals surface area contributed by atoms with Gasteiger partial charge in [-0.2, -0.15) is 0 Å². The molecule has 0 amide bonds. The Balaban J connectivity index is 1.59. The van der Waals surface area contributed by atoms with Crippen LogP contribution >= 0.6 is 0 Å². The summed E-state index contributed by atoms with van der Waals surface area (Å²) in [5, 5.41) is 0. The molecule has 0 N–H and O–H groups in total. The van der Waals surface area contributed by atoms with Gasteiger partial charge < -0.3 is 18.9 Å². The van der Waals surface area contributed by atoms with Crippen LogP contribution in [0.3, 0.4) is 0 Å². The van der Waals surface area contributed by atoms with Crippen LogP contribution in [0.2, 0.25) is 0 Å². The number of unbranched alkanes of at least 4 members (excludes halogenated alkanes) is 3. The summed E-state index contributed by atoms with van der Waals surface area (Å²) in [4.78, 5) is 23.6. The first-order valence-electron chi connectivity index (χ1n) is 12.5. The van der Waals surface area contributed by atoms with Gasteiger partial charge in [0.2, 0.25) is 0 Å². The van der Waals surface area contributed by atoms with E-state index in [1.54, 1.807) is 30.3 Å². The molecule has 0 aliphatic carbocycles. The second kappa shape index (κ2) is 16.4. The predicted octanol–water partition coefficient (Wildman–Crippen LogP) is 6.83. The fourth-order valence-corrected chi connectivity index (χ4v) is 3.15. The van der Waals surface area contributed by atoms with Gasteiger partial charge in [0.05, 0.1) is 31.6 Å².